The third kappa shape index (κ3) is 2.80. The van der Waals surface area contributed by atoms with Crippen LogP contribution in [0.5, 0.6) is 0 Å². The van der Waals surface area contributed by atoms with Crippen molar-refractivity contribution in [3.05, 3.63) is 17.5 Å². The number of aryl methyl sites for hydroxylation is 1. The maximum Gasteiger partial charge on any atom is 0.223 e. The highest BCUT2D eigenvalue weighted by Crippen LogP contribution is 2.34. The van der Waals surface area contributed by atoms with Gasteiger partial charge in [0, 0.05) is 25.0 Å². The fourth-order valence-corrected chi connectivity index (χ4v) is 2.23. The van der Waals surface area contributed by atoms with E-state index in [0.717, 1.165) is 36.7 Å². The average molecular weight is 249 g/mol. The molecule has 0 bridgehead atoms. The zero-order chi connectivity index (χ0) is 13.2. The van der Waals surface area contributed by atoms with Crippen molar-refractivity contribution in [2.75, 3.05) is 19.0 Å². The Morgan fingerprint density at radius 3 is 2.61 bits per heavy atom. The van der Waals surface area contributed by atoms with Crippen molar-refractivity contribution in [2.24, 2.45) is 0 Å². The van der Waals surface area contributed by atoms with Crippen LogP contribution in [0.1, 0.15) is 50.4 Å². The van der Waals surface area contributed by atoms with Crippen molar-refractivity contribution in [3.8, 4) is 0 Å². The summed E-state index contributed by atoms with van der Waals surface area (Å²) in [6, 6.07) is 2.05. The third-order valence-corrected chi connectivity index (χ3v) is 3.73. The van der Waals surface area contributed by atoms with Gasteiger partial charge in [-0.15, -0.1) is 0 Å². The third-order valence-electron chi connectivity index (χ3n) is 3.73. The first-order valence-corrected chi connectivity index (χ1v) is 6.69. The normalized spacial score (nSPS) is 17.6. The summed E-state index contributed by atoms with van der Waals surface area (Å²) in [5.41, 5.74) is 2.10. The van der Waals surface area contributed by atoms with Gasteiger partial charge in [0.15, 0.2) is 0 Å². The molecular weight excluding hydrogens is 226 g/mol. The Labute approximate surface area is 109 Å². The second kappa shape index (κ2) is 5.22. The summed E-state index contributed by atoms with van der Waals surface area (Å²) in [5.74, 6) is 1.15. The fraction of sp³-hybridized carbons (Fsp3) is 0.714. The summed E-state index contributed by atoms with van der Waals surface area (Å²) >= 11 is 0. The number of methoxy groups -OCH3 is 1. The van der Waals surface area contributed by atoms with Gasteiger partial charge in [0.2, 0.25) is 5.95 Å². The molecule has 1 heterocycles. The molecule has 0 radical (unpaired) electrons. The molecular formula is C14H23N3O. The number of nitrogens with zero attached hydrogens (tertiary/aromatic N) is 2. The minimum atomic E-state index is 0.00506. The van der Waals surface area contributed by atoms with E-state index in [9.17, 15) is 0 Å². The van der Waals surface area contributed by atoms with Crippen molar-refractivity contribution < 1.29 is 4.74 Å². The number of ether oxygens (including phenoxy) is 1. The first-order chi connectivity index (χ1) is 8.54. The highest BCUT2D eigenvalue weighted by Gasteiger charge is 2.36. The number of aromatic nitrogens is 2. The standard InChI is InChI=1S/C14H23N3O/c1-10(2)12-8-11(3)16-13(17-12)15-9-14(18-4)6-5-7-14/h8,10H,5-7,9H2,1-4H3,(H,15,16,17). The van der Waals surface area contributed by atoms with E-state index < -0.39 is 0 Å². The second-order valence-electron chi connectivity index (χ2n) is 5.51. The van der Waals surface area contributed by atoms with E-state index in [4.69, 9.17) is 4.74 Å². The van der Waals surface area contributed by atoms with Crippen molar-refractivity contribution in [3.63, 3.8) is 0 Å². The summed E-state index contributed by atoms with van der Waals surface area (Å²) in [5, 5.41) is 3.33. The largest absolute Gasteiger partial charge is 0.376 e. The summed E-state index contributed by atoms with van der Waals surface area (Å²) in [6.45, 7) is 7.10. The molecule has 1 N–H and O–H groups in total. The zero-order valence-corrected chi connectivity index (χ0v) is 11.8. The Kier molecular flexibility index (Phi) is 3.85. The van der Waals surface area contributed by atoms with Crippen LogP contribution in [0.4, 0.5) is 5.95 Å². The topological polar surface area (TPSA) is 47.0 Å². The van der Waals surface area contributed by atoms with E-state index in [1.165, 1.54) is 6.42 Å². The number of anilines is 1. The van der Waals surface area contributed by atoms with Gasteiger partial charge in [0.1, 0.15) is 0 Å². The lowest BCUT2D eigenvalue weighted by Crippen LogP contribution is -2.45. The molecule has 1 saturated carbocycles. The first-order valence-electron chi connectivity index (χ1n) is 6.69. The van der Waals surface area contributed by atoms with Gasteiger partial charge in [-0.05, 0) is 38.2 Å². The highest BCUT2D eigenvalue weighted by molar-refractivity contribution is 5.30. The Morgan fingerprint density at radius 2 is 2.11 bits per heavy atom. The van der Waals surface area contributed by atoms with Crippen molar-refractivity contribution >= 4 is 5.95 Å². The van der Waals surface area contributed by atoms with Crippen LogP contribution in [0.25, 0.3) is 0 Å². The Hall–Kier alpha value is -1.16. The minimum absolute atomic E-state index is 0.00506. The number of rotatable bonds is 5. The number of hydrogen-bond donors (Lipinski definition) is 1. The lowest BCUT2D eigenvalue weighted by molar-refractivity contribution is -0.0602. The highest BCUT2D eigenvalue weighted by atomic mass is 16.5. The Bertz CT molecular complexity index is 408. The maximum atomic E-state index is 5.59. The molecule has 1 aliphatic carbocycles. The lowest BCUT2D eigenvalue weighted by Gasteiger charge is -2.40. The molecule has 0 aliphatic heterocycles. The fourth-order valence-electron chi connectivity index (χ4n) is 2.23. The molecule has 1 fully saturated rings. The van der Waals surface area contributed by atoms with Crippen LogP contribution < -0.4 is 5.32 Å². The van der Waals surface area contributed by atoms with Gasteiger partial charge < -0.3 is 10.1 Å². The van der Waals surface area contributed by atoms with Gasteiger partial charge >= 0.3 is 0 Å². The van der Waals surface area contributed by atoms with Gasteiger partial charge in [-0.1, -0.05) is 13.8 Å². The molecule has 0 amide bonds. The molecule has 4 heteroatoms. The van der Waals surface area contributed by atoms with Gasteiger partial charge in [-0.3, -0.25) is 0 Å². The van der Waals surface area contributed by atoms with E-state index in [1.807, 2.05) is 13.0 Å². The quantitative estimate of drug-likeness (QED) is 0.871. The van der Waals surface area contributed by atoms with Gasteiger partial charge in [0.05, 0.1) is 5.60 Å². The minimum Gasteiger partial charge on any atom is -0.376 e. The molecule has 100 valence electrons. The molecule has 4 nitrogen and oxygen atoms in total. The smallest absolute Gasteiger partial charge is 0.223 e. The molecule has 1 aromatic rings. The molecule has 0 saturated heterocycles. The molecule has 2 rings (SSSR count). The van der Waals surface area contributed by atoms with Crippen LogP contribution in [0.2, 0.25) is 0 Å². The predicted octanol–water partition coefficient (Wildman–Crippen LogP) is 2.89. The number of nitrogens with one attached hydrogen (secondary N) is 1. The average Bonchev–Trinajstić information content (AvgIpc) is 2.27. The maximum absolute atomic E-state index is 5.59. The van der Waals surface area contributed by atoms with E-state index >= 15 is 0 Å². The summed E-state index contributed by atoms with van der Waals surface area (Å²) in [6.07, 6.45) is 3.50. The van der Waals surface area contributed by atoms with Gasteiger partial charge in [-0.2, -0.15) is 0 Å². The first kappa shape index (κ1) is 13.3. The predicted molar refractivity (Wildman–Crippen MR) is 72.9 cm³/mol. The molecule has 0 spiro atoms. The second-order valence-corrected chi connectivity index (χ2v) is 5.51. The van der Waals surface area contributed by atoms with E-state index in [-0.39, 0.29) is 5.60 Å². The van der Waals surface area contributed by atoms with Gasteiger partial charge in [0.25, 0.3) is 0 Å². The van der Waals surface area contributed by atoms with Crippen molar-refractivity contribution in [1.82, 2.24) is 9.97 Å². The van der Waals surface area contributed by atoms with Crippen LogP contribution in [0.3, 0.4) is 0 Å². The Morgan fingerprint density at radius 1 is 1.39 bits per heavy atom. The van der Waals surface area contributed by atoms with Crippen LogP contribution in [0.15, 0.2) is 6.07 Å². The Balaban J connectivity index is 2.05. The molecule has 18 heavy (non-hydrogen) atoms. The van der Waals surface area contributed by atoms with Crippen molar-refractivity contribution in [2.45, 2.75) is 51.6 Å². The molecule has 1 aliphatic rings. The SMILES string of the molecule is COC1(CNc2nc(C)cc(C(C)C)n2)CCC1. The van der Waals surface area contributed by atoms with Gasteiger partial charge in [-0.25, -0.2) is 9.97 Å². The summed E-state index contributed by atoms with van der Waals surface area (Å²) < 4.78 is 5.59. The molecule has 0 atom stereocenters. The van der Waals surface area contributed by atoms with E-state index in [0.29, 0.717) is 5.92 Å². The summed E-state index contributed by atoms with van der Waals surface area (Å²) in [4.78, 5) is 8.99. The van der Waals surface area contributed by atoms with Crippen LogP contribution in [-0.4, -0.2) is 29.2 Å². The van der Waals surface area contributed by atoms with E-state index in [2.05, 4.69) is 29.1 Å². The molecule has 0 aromatic carbocycles. The summed E-state index contributed by atoms with van der Waals surface area (Å²) in [7, 11) is 1.79. The van der Waals surface area contributed by atoms with Crippen LogP contribution in [0, 0.1) is 6.92 Å². The van der Waals surface area contributed by atoms with Crippen molar-refractivity contribution in [1.29, 1.82) is 0 Å². The number of hydrogen-bond acceptors (Lipinski definition) is 4. The lowest BCUT2D eigenvalue weighted by atomic mass is 9.80. The van der Waals surface area contributed by atoms with Crippen LogP contribution >= 0.6 is 0 Å². The van der Waals surface area contributed by atoms with E-state index in [1.54, 1.807) is 7.11 Å². The molecule has 0 unspecified atom stereocenters. The van der Waals surface area contributed by atoms with Crippen LogP contribution in [-0.2, 0) is 4.74 Å². The monoisotopic (exact) mass is 249 g/mol. The molecule has 1 aromatic heterocycles. The zero-order valence-electron chi connectivity index (χ0n) is 11.8.